The Bertz CT molecular complexity index is 828. The maximum atomic E-state index is 13.1. The average Bonchev–Trinajstić information content (AvgIpc) is 3.17. The number of benzene rings is 2. The summed E-state index contributed by atoms with van der Waals surface area (Å²) in [6.45, 7) is 5.79. The van der Waals surface area contributed by atoms with Crippen molar-refractivity contribution in [2.45, 2.75) is 19.4 Å². The molecule has 1 N–H and O–H groups in total. The number of carbonyl (C=O) groups excluding carboxylic acids is 2. The molecule has 1 fully saturated rings. The second-order valence-electron chi connectivity index (χ2n) is 7.41. The predicted molar refractivity (Wildman–Crippen MR) is 105 cm³/mol. The van der Waals surface area contributed by atoms with Crippen LogP contribution in [0.4, 0.5) is 5.69 Å². The van der Waals surface area contributed by atoms with E-state index in [0.29, 0.717) is 13.1 Å². The maximum Gasteiger partial charge on any atom is 0.284 e. The first-order valence-electron chi connectivity index (χ1n) is 9.73. The van der Waals surface area contributed by atoms with E-state index in [1.54, 1.807) is 0 Å². The number of quaternary nitrogens is 1. The third-order valence-electron chi connectivity index (χ3n) is 5.85. The number of piperazine rings is 1. The van der Waals surface area contributed by atoms with Crippen LogP contribution in [-0.2, 0) is 11.2 Å². The number of para-hydroxylation sites is 1. The molecule has 2 amide bonds. The zero-order valence-corrected chi connectivity index (χ0v) is 15.7. The first kappa shape index (κ1) is 17.7. The fourth-order valence-electron chi connectivity index (χ4n) is 4.17. The third kappa shape index (κ3) is 3.47. The summed E-state index contributed by atoms with van der Waals surface area (Å²) in [6.07, 6.45) is 0.934. The van der Waals surface area contributed by atoms with Crippen molar-refractivity contribution >= 4 is 17.5 Å². The van der Waals surface area contributed by atoms with E-state index in [-0.39, 0.29) is 17.9 Å². The fourth-order valence-corrected chi connectivity index (χ4v) is 4.17. The first-order chi connectivity index (χ1) is 13.1. The SMILES string of the molecule is C[C@@H](C(=O)N1CCc2ccccc21)[NH+]1CCN(C(=O)c2ccccc2)CC1. The molecule has 27 heavy (non-hydrogen) atoms. The van der Waals surface area contributed by atoms with E-state index >= 15 is 0 Å². The van der Waals surface area contributed by atoms with Crippen molar-refractivity contribution in [1.82, 2.24) is 4.90 Å². The Morgan fingerprint density at radius 3 is 2.33 bits per heavy atom. The van der Waals surface area contributed by atoms with Crippen LogP contribution < -0.4 is 9.80 Å². The molecule has 0 unspecified atom stereocenters. The Hall–Kier alpha value is -2.66. The Balaban J connectivity index is 1.37. The molecule has 2 aliphatic heterocycles. The van der Waals surface area contributed by atoms with E-state index in [1.807, 2.05) is 65.3 Å². The lowest BCUT2D eigenvalue weighted by Gasteiger charge is -2.36. The molecular formula is C22H26N3O2+. The zero-order chi connectivity index (χ0) is 18.8. The number of hydrogen-bond donors (Lipinski definition) is 1. The Morgan fingerprint density at radius 1 is 0.926 bits per heavy atom. The smallest absolute Gasteiger partial charge is 0.284 e. The van der Waals surface area contributed by atoms with Gasteiger partial charge in [0.15, 0.2) is 6.04 Å². The predicted octanol–water partition coefficient (Wildman–Crippen LogP) is 1.01. The van der Waals surface area contributed by atoms with Crippen molar-refractivity contribution in [3.63, 3.8) is 0 Å². The highest BCUT2D eigenvalue weighted by Gasteiger charge is 2.35. The first-order valence-corrected chi connectivity index (χ1v) is 9.73. The van der Waals surface area contributed by atoms with Crippen molar-refractivity contribution in [3.8, 4) is 0 Å². The Kier molecular flexibility index (Phi) is 4.94. The van der Waals surface area contributed by atoms with Crippen molar-refractivity contribution in [3.05, 3.63) is 65.7 Å². The second-order valence-corrected chi connectivity index (χ2v) is 7.41. The van der Waals surface area contributed by atoms with Gasteiger partial charge in [0.25, 0.3) is 11.8 Å². The van der Waals surface area contributed by atoms with Gasteiger partial charge in [-0.3, -0.25) is 9.59 Å². The van der Waals surface area contributed by atoms with E-state index in [0.717, 1.165) is 37.3 Å². The summed E-state index contributed by atoms with van der Waals surface area (Å²) >= 11 is 0. The summed E-state index contributed by atoms with van der Waals surface area (Å²) in [4.78, 5) is 30.8. The minimum absolute atomic E-state index is 0.0853. The standard InChI is InChI=1S/C22H25N3O2/c1-17(21(26)25-12-11-18-7-5-6-10-20(18)25)23-13-15-24(16-14-23)22(27)19-8-3-2-4-9-19/h2-10,17H,11-16H2,1H3/p+1/t17-/m0/s1. The number of fused-ring (bicyclic) bond motifs is 1. The lowest BCUT2D eigenvalue weighted by Crippen LogP contribution is -3.19. The monoisotopic (exact) mass is 364 g/mol. The number of nitrogens with one attached hydrogen (secondary N) is 1. The molecule has 5 heteroatoms. The van der Waals surface area contributed by atoms with Crippen molar-refractivity contribution in [2.75, 3.05) is 37.6 Å². The van der Waals surface area contributed by atoms with Crippen LogP contribution in [0.2, 0.25) is 0 Å². The van der Waals surface area contributed by atoms with Crippen LogP contribution in [-0.4, -0.2) is 55.5 Å². The van der Waals surface area contributed by atoms with Crippen LogP contribution in [0.15, 0.2) is 54.6 Å². The summed E-state index contributed by atoms with van der Waals surface area (Å²) in [5.41, 5.74) is 3.05. The molecule has 0 aromatic heterocycles. The van der Waals surface area contributed by atoms with Gasteiger partial charge < -0.3 is 14.7 Å². The molecule has 0 spiro atoms. The summed E-state index contributed by atoms with van der Waals surface area (Å²) in [5.74, 6) is 0.278. The van der Waals surface area contributed by atoms with Gasteiger partial charge in [-0.2, -0.15) is 0 Å². The van der Waals surface area contributed by atoms with Crippen LogP contribution in [0, 0.1) is 0 Å². The van der Waals surface area contributed by atoms with Crippen LogP contribution >= 0.6 is 0 Å². The highest BCUT2D eigenvalue weighted by atomic mass is 16.2. The van der Waals surface area contributed by atoms with E-state index in [2.05, 4.69) is 6.07 Å². The van der Waals surface area contributed by atoms with Crippen molar-refractivity contribution in [1.29, 1.82) is 0 Å². The van der Waals surface area contributed by atoms with Crippen LogP contribution in [0.3, 0.4) is 0 Å². The van der Waals surface area contributed by atoms with E-state index in [9.17, 15) is 9.59 Å². The molecule has 2 aliphatic rings. The van der Waals surface area contributed by atoms with Gasteiger partial charge in [0.1, 0.15) is 0 Å². The molecule has 0 bridgehead atoms. The molecule has 2 aromatic carbocycles. The van der Waals surface area contributed by atoms with Crippen LogP contribution in [0.5, 0.6) is 0 Å². The highest BCUT2D eigenvalue weighted by molar-refractivity contribution is 5.98. The second kappa shape index (κ2) is 7.53. The van der Waals surface area contributed by atoms with E-state index < -0.39 is 0 Å². The molecule has 140 valence electrons. The molecule has 5 nitrogen and oxygen atoms in total. The van der Waals surface area contributed by atoms with Gasteiger partial charge >= 0.3 is 0 Å². The topological polar surface area (TPSA) is 45.1 Å². The van der Waals surface area contributed by atoms with Gasteiger partial charge in [-0.15, -0.1) is 0 Å². The largest absolute Gasteiger partial charge is 0.327 e. The average molecular weight is 364 g/mol. The maximum absolute atomic E-state index is 13.1. The van der Waals surface area contributed by atoms with E-state index in [1.165, 1.54) is 10.5 Å². The number of nitrogens with zero attached hydrogens (tertiary/aromatic N) is 2. The van der Waals surface area contributed by atoms with Gasteiger partial charge in [-0.25, -0.2) is 0 Å². The molecular weight excluding hydrogens is 338 g/mol. The summed E-state index contributed by atoms with van der Waals surface area (Å²) < 4.78 is 0. The van der Waals surface area contributed by atoms with Crippen LogP contribution in [0.25, 0.3) is 0 Å². The molecule has 0 aliphatic carbocycles. The van der Waals surface area contributed by atoms with Crippen LogP contribution in [0.1, 0.15) is 22.8 Å². The third-order valence-corrected chi connectivity index (χ3v) is 5.85. The molecule has 0 saturated carbocycles. The summed E-state index contributed by atoms with van der Waals surface area (Å²) in [6, 6.07) is 17.5. The summed E-state index contributed by atoms with van der Waals surface area (Å²) in [5, 5.41) is 0. The lowest BCUT2D eigenvalue weighted by molar-refractivity contribution is -0.917. The van der Waals surface area contributed by atoms with Gasteiger partial charge in [0.05, 0.1) is 26.2 Å². The normalized spacial score (nSPS) is 18.3. The molecule has 2 heterocycles. The van der Waals surface area contributed by atoms with E-state index in [4.69, 9.17) is 0 Å². The number of rotatable bonds is 3. The van der Waals surface area contributed by atoms with Gasteiger partial charge in [-0.1, -0.05) is 36.4 Å². The summed E-state index contributed by atoms with van der Waals surface area (Å²) in [7, 11) is 0. The Morgan fingerprint density at radius 2 is 1.59 bits per heavy atom. The zero-order valence-electron chi connectivity index (χ0n) is 15.7. The minimum Gasteiger partial charge on any atom is -0.327 e. The lowest BCUT2D eigenvalue weighted by atomic mass is 10.1. The van der Waals surface area contributed by atoms with Crippen molar-refractivity contribution in [2.24, 2.45) is 0 Å². The van der Waals surface area contributed by atoms with Crippen molar-refractivity contribution < 1.29 is 14.5 Å². The minimum atomic E-state index is -0.0925. The fraction of sp³-hybridized carbons (Fsp3) is 0.364. The van der Waals surface area contributed by atoms with Gasteiger partial charge in [-0.05, 0) is 37.1 Å². The number of amides is 2. The Labute approximate surface area is 160 Å². The van der Waals surface area contributed by atoms with Gasteiger partial charge in [0, 0.05) is 17.8 Å². The highest BCUT2D eigenvalue weighted by Crippen LogP contribution is 2.27. The quantitative estimate of drug-likeness (QED) is 0.883. The molecule has 1 saturated heterocycles. The van der Waals surface area contributed by atoms with Gasteiger partial charge in [0.2, 0.25) is 0 Å². The number of anilines is 1. The number of carbonyl (C=O) groups is 2. The number of hydrogen-bond acceptors (Lipinski definition) is 2. The molecule has 1 atom stereocenters. The molecule has 0 radical (unpaired) electrons. The molecule has 4 rings (SSSR count). The molecule has 2 aromatic rings.